The molecule has 0 bridgehead atoms. The van der Waals surface area contributed by atoms with Crippen LogP contribution in [0.15, 0.2) is 0 Å². The summed E-state index contributed by atoms with van der Waals surface area (Å²) in [5.41, 5.74) is 0. The quantitative estimate of drug-likeness (QED) is 0.812. The summed E-state index contributed by atoms with van der Waals surface area (Å²) in [4.78, 5) is 14.6. The monoisotopic (exact) mass is 222 g/mol. The standard InChI is InChI=1S/C7H9F3N4O/c1-4-11-6(13-14(4)2)12-5(15)3-7(8,9)10/h3H2,1-2H3,(H,12,13,15). The number of hydrogen-bond acceptors (Lipinski definition) is 3. The first-order valence-corrected chi connectivity index (χ1v) is 4.02. The van der Waals surface area contributed by atoms with Gasteiger partial charge in [-0.2, -0.15) is 18.2 Å². The highest BCUT2D eigenvalue weighted by Gasteiger charge is 2.31. The molecule has 0 atom stereocenters. The van der Waals surface area contributed by atoms with Crippen LogP contribution in [0.5, 0.6) is 0 Å². The van der Waals surface area contributed by atoms with Gasteiger partial charge in [-0.15, -0.1) is 5.10 Å². The summed E-state index contributed by atoms with van der Waals surface area (Å²) < 4.78 is 36.7. The predicted octanol–water partition coefficient (Wildman–Crippen LogP) is 1.01. The van der Waals surface area contributed by atoms with E-state index in [1.807, 2.05) is 5.32 Å². The molecular weight excluding hydrogens is 213 g/mol. The molecule has 5 nitrogen and oxygen atoms in total. The van der Waals surface area contributed by atoms with Gasteiger partial charge in [-0.05, 0) is 6.92 Å². The van der Waals surface area contributed by atoms with Gasteiger partial charge in [0.2, 0.25) is 11.9 Å². The van der Waals surface area contributed by atoms with E-state index in [0.29, 0.717) is 5.82 Å². The van der Waals surface area contributed by atoms with Crippen molar-refractivity contribution in [2.45, 2.75) is 19.5 Å². The molecule has 15 heavy (non-hydrogen) atoms. The lowest BCUT2D eigenvalue weighted by Gasteiger charge is -2.04. The largest absolute Gasteiger partial charge is 0.397 e. The number of aryl methyl sites for hydroxylation is 2. The summed E-state index contributed by atoms with van der Waals surface area (Å²) in [5.74, 6) is -0.797. The Morgan fingerprint density at radius 2 is 2.13 bits per heavy atom. The SMILES string of the molecule is Cc1nc(NC(=O)CC(F)(F)F)nn1C. The van der Waals surface area contributed by atoms with E-state index in [4.69, 9.17) is 0 Å². The first-order chi connectivity index (χ1) is 6.78. The van der Waals surface area contributed by atoms with Gasteiger partial charge in [0, 0.05) is 7.05 Å². The van der Waals surface area contributed by atoms with Crippen molar-refractivity contribution in [2.75, 3.05) is 5.32 Å². The highest BCUT2D eigenvalue weighted by atomic mass is 19.4. The van der Waals surface area contributed by atoms with Crippen molar-refractivity contribution in [3.8, 4) is 0 Å². The van der Waals surface area contributed by atoms with Gasteiger partial charge in [0.15, 0.2) is 0 Å². The number of nitrogens with zero attached hydrogens (tertiary/aromatic N) is 3. The van der Waals surface area contributed by atoms with Gasteiger partial charge >= 0.3 is 6.18 Å². The molecule has 1 amide bonds. The first-order valence-electron chi connectivity index (χ1n) is 4.02. The van der Waals surface area contributed by atoms with Crippen LogP contribution in [-0.2, 0) is 11.8 Å². The normalized spacial score (nSPS) is 11.5. The third-order valence-electron chi connectivity index (χ3n) is 1.59. The fourth-order valence-corrected chi connectivity index (χ4v) is 0.866. The number of amides is 1. The van der Waals surface area contributed by atoms with Gasteiger partial charge in [-0.3, -0.25) is 14.8 Å². The number of aromatic nitrogens is 3. The number of nitrogens with one attached hydrogen (secondary N) is 1. The number of rotatable bonds is 2. The van der Waals surface area contributed by atoms with Crippen molar-refractivity contribution in [2.24, 2.45) is 7.05 Å². The van der Waals surface area contributed by atoms with Crippen molar-refractivity contribution < 1.29 is 18.0 Å². The van der Waals surface area contributed by atoms with Gasteiger partial charge in [-0.25, -0.2) is 0 Å². The number of halogens is 3. The number of alkyl halides is 3. The Morgan fingerprint density at radius 1 is 1.53 bits per heavy atom. The first kappa shape index (κ1) is 11.5. The molecule has 0 unspecified atom stereocenters. The molecule has 0 aliphatic rings. The predicted molar refractivity (Wildman–Crippen MR) is 45.0 cm³/mol. The third-order valence-corrected chi connectivity index (χ3v) is 1.59. The summed E-state index contributed by atoms with van der Waals surface area (Å²) in [6.07, 6.45) is -6.06. The summed E-state index contributed by atoms with van der Waals surface area (Å²) in [6, 6.07) is 0. The summed E-state index contributed by atoms with van der Waals surface area (Å²) in [5, 5.41) is 5.64. The molecule has 1 aromatic heterocycles. The van der Waals surface area contributed by atoms with E-state index in [1.165, 1.54) is 4.68 Å². The second-order valence-electron chi connectivity index (χ2n) is 2.95. The molecule has 1 rings (SSSR count). The average Bonchev–Trinajstić information content (AvgIpc) is 2.26. The fraction of sp³-hybridized carbons (Fsp3) is 0.571. The third kappa shape index (κ3) is 3.56. The van der Waals surface area contributed by atoms with Gasteiger partial charge < -0.3 is 0 Å². The van der Waals surface area contributed by atoms with E-state index in [0.717, 1.165) is 0 Å². The topological polar surface area (TPSA) is 59.8 Å². The van der Waals surface area contributed by atoms with Crippen LogP contribution < -0.4 is 5.32 Å². The number of anilines is 1. The Labute approximate surface area is 83.3 Å². The van der Waals surface area contributed by atoms with Gasteiger partial charge in [0.1, 0.15) is 12.2 Å². The minimum atomic E-state index is -4.52. The lowest BCUT2D eigenvalue weighted by molar-refractivity contribution is -0.150. The van der Waals surface area contributed by atoms with Crippen LogP contribution in [0.1, 0.15) is 12.2 Å². The zero-order valence-corrected chi connectivity index (χ0v) is 8.09. The Hall–Kier alpha value is -1.60. The molecule has 0 spiro atoms. The van der Waals surface area contributed by atoms with Gasteiger partial charge in [0.25, 0.3) is 0 Å². The minimum absolute atomic E-state index is 0.121. The van der Waals surface area contributed by atoms with Crippen molar-refractivity contribution in [1.29, 1.82) is 0 Å². The van der Waals surface area contributed by atoms with E-state index >= 15 is 0 Å². The highest BCUT2D eigenvalue weighted by Crippen LogP contribution is 2.19. The summed E-state index contributed by atoms with van der Waals surface area (Å²) in [7, 11) is 1.57. The van der Waals surface area contributed by atoms with Crippen LogP contribution in [0.4, 0.5) is 19.1 Å². The summed E-state index contributed by atoms with van der Waals surface area (Å²) >= 11 is 0. The summed E-state index contributed by atoms with van der Waals surface area (Å²) in [6.45, 7) is 1.62. The van der Waals surface area contributed by atoms with Crippen LogP contribution in [0, 0.1) is 6.92 Å². The van der Waals surface area contributed by atoms with E-state index in [9.17, 15) is 18.0 Å². The molecule has 0 fully saturated rings. The molecule has 0 aliphatic heterocycles. The molecular formula is C7H9F3N4O. The number of carbonyl (C=O) groups is 1. The number of carbonyl (C=O) groups excluding carboxylic acids is 1. The molecule has 8 heteroatoms. The van der Waals surface area contributed by atoms with Crippen molar-refractivity contribution >= 4 is 11.9 Å². The smallest absolute Gasteiger partial charge is 0.293 e. The molecule has 84 valence electrons. The Morgan fingerprint density at radius 3 is 2.53 bits per heavy atom. The molecule has 0 saturated heterocycles. The Balaban J connectivity index is 2.59. The Bertz CT molecular complexity index is 351. The molecule has 0 saturated carbocycles. The molecule has 1 N–H and O–H groups in total. The average molecular weight is 222 g/mol. The molecule has 0 aliphatic carbocycles. The maximum Gasteiger partial charge on any atom is 0.397 e. The van der Waals surface area contributed by atoms with E-state index in [-0.39, 0.29) is 5.95 Å². The minimum Gasteiger partial charge on any atom is -0.293 e. The highest BCUT2D eigenvalue weighted by molar-refractivity contribution is 5.89. The van der Waals surface area contributed by atoms with Gasteiger partial charge in [-0.1, -0.05) is 0 Å². The fourth-order valence-electron chi connectivity index (χ4n) is 0.866. The maximum atomic E-state index is 11.8. The van der Waals surface area contributed by atoms with Crippen molar-refractivity contribution in [1.82, 2.24) is 14.8 Å². The Kier molecular flexibility index (Phi) is 2.96. The molecule has 1 aromatic rings. The van der Waals surface area contributed by atoms with E-state index in [1.54, 1.807) is 14.0 Å². The second kappa shape index (κ2) is 3.87. The van der Waals surface area contributed by atoms with Crippen LogP contribution in [0.25, 0.3) is 0 Å². The van der Waals surface area contributed by atoms with Crippen molar-refractivity contribution in [3.63, 3.8) is 0 Å². The zero-order valence-electron chi connectivity index (χ0n) is 8.09. The van der Waals surface area contributed by atoms with Crippen LogP contribution in [-0.4, -0.2) is 26.8 Å². The van der Waals surface area contributed by atoms with Gasteiger partial charge in [0.05, 0.1) is 0 Å². The molecule has 0 radical (unpaired) electrons. The molecule has 1 heterocycles. The van der Waals surface area contributed by atoms with Crippen LogP contribution >= 0.6 is 0 Å². The van der Waals surface area contributed by atoms with Crippen molar-refractivity contribution in [3.05, 3.63) is 5.82 Å². The van der Waals surface area contributed by atoms with E-state index in [2.05, 4.69) is 10.1 Å². The number of hydrogen-bond donors (Lipinski definition) is 1. The molecule has 0 aromatic carbocycles. The lowest BCUT2D eigenvalue weighted by atomic mass is 10.4. The maximum absolute atomic E-state index is 11.8. The van der Waals surface area contributed by atoms with Crippen LogP contribution in [0.3, 0.4) is 0 Å². The van der Waals surface area contributed by atoms with Crippen LogP contribution in [0.2, 0.25) is 0 Å². The second-order valence-corrected chi connectivity index (χ2v) is 2.95. The lowest BCUT2D eigenvalue weighted by Crippen LogP contribution is -2.21. The zero-order chi connectivity index (χ0) is 11.6. The van der Waals surface area contributed by atoms with E-state index < -0.39 is 18.5 Å².